The summed E-state index contributed by atoms with van der Waals surface area (Å²) in [4.78, 5) is 24.4. The lowest BCUT2D eigenvalue weighted by Crippen LogP contribution is -2.46. The van der Waals surface area contributed by atoms with Crippen LogP contribution in [0.15, 0.2) is 23.8 Å². The molecule has 26 heavy (non-hydrogen) atoms. The molecule has 3 rings (SSSR count). The maximum atomic E-state index is 12.2. The number of epoxide rings is 1. The fourth-order valence-corrected chi connectivity index (χ4v) is 4.21. The highest BCUT2D eigenvalue weighted by Gasteiger charge is 2.62. The summed E-state index contributed by atoms with van der Waals surface area (Å²) in [5, 5.41) is 10.9. The number of fused-ring (bicyclic) bond motifs is 2. The van der Waals surface area contributed by atoms with Gasteiger partial charge >= 0.3 is 11.9 Å². The molecule has 0 aromatic carbocycles. The Labute approximate surface area is 154 Å². The summed E-state index contributed by atoms with van der Waals surface area (Å²) in [5.41, 5.74) is 0.673. The molecular weight excluding hydrogens is 336 g/mol. The Balaban J connectivity index is 1.92. The molecule has 0 aromatic rings. The van der Waals surface area contributed by atoms with Gasteiger partial charge in [-0.1, -0.05) is 25.5 Å². The molecular formula is C20H28O6. The van der Waals surface area contributed by atoms with Crippen molar-refractivity contribution in [2.24, 2.45) is 11.8 Å². The summed E-state index contributed by atoms with van der Waals surface area (Å²) in [5.74, 6) is -1.68. The van der Waals surface area contributed by atoms with Gasteiger partial charge in [-0.05, 0) is 39.5 Å². The van der Waals surface area contributed by atoms with Crippen LogP contribution in [0, 0.1) is 11.8 Å². The van der Waals surface area contributed by atoms with Crippen LogP contribution in [0.5, 0.6) is 0 Å². The highest BCUT2D eigenvalue weighted by molar-refractivity contribution is 5.91. The van der Waals surface area contributed by atoms with Crippen molar-refractivity contribution in [2.75, 3.05) is 0 Å². The second-order valence-corrected chi connectivity index (χ2v) is 8.26. The minimum absolute atomic E-state index is 0.0261. The van der Waals surface area contributed by atoms with E-state index < -0.39 is 36.2 Å². The average Bonchev–Trinajstić information content (AvgIpc) is 3.12. The van der Waals surface area contributed by atoms with E-state index in [9.17, 15) is 14.7 Å². The zero-order valence-electron chi connectivity index (χ0n) is 15.9. The Kier molecular flexibility index (Phi) is 5.01. The maximum Gasteiger partial charge on any atom is 0.334 e. The number of carbonyl (C=O) groups excluding carboxylic acids is 2. The van der Waals surface area contributed by atoms with Gasteiger partial charge < -0.3 is 19.3 Å². The van der Waals surface area contributed by atoms with Crippen LogP contribution in [0.2, 0.25) is 0 Å². The van der Waals surface area contributed by atoms with E-state index in [-0.39, 0.29) is 23.2 Å². The number of hydrogen-bond acceptors (Lipinski definition) is 6. The van der Waals surface area contributed by atoms with Crippen LogP contribution in [0.3, 0.4) is 0 Å². The molecule has 7 unspecified atom stereocenters. The summed E-state index contributed by atoms with van der Waals surface area (Å²) in [6.07, 6.45) is 1.26. The third kappa shape index (κ3) is 3.45. The number of allylic oxidation sites excluding steroid dienone is 1. The van der Waals surface area contributed by atoms with Gasteiger partial charge in [-0.3, -0.25) is 0 Å². The fraction of sp³-hybridized carbons (Fsp3) is 0.700. The van der Waals surface area contributed by atoms with Crippen molar-refractivity contribution in [1.82, 2.24) is 0 Å². The van der Waals surface area contributed by atoms with Gasteiger partial charge in [-0.15, -0.1) is 0 Å². The maximum absolute atomic E-state index is 12.2. The van der Waals surface area contributed by atoms with E-state index in [0.717, 1.165) is 24.8 Å². The van der Waals surface area contributed by atoms with Crippen molar-refractivity contribution in [2.45, 2.75) is 77.0 Å². The quantitative estimate of drug-likeness (QED) is 0.460. The topological polar surface area (TPSA) is 85.4 Å². The Morgan fingerprint density at radius 1 is 1.42 bits per heavy atom. The highest BCUT2D eigenvalue weighted by Crippen LogP contribution is 2.49. The first-order chi connectivity index (χ1) is 12.1. The summed E-state index contributed by atoms with van der Waals surface area (Å²) in [6, 6.07) is 0. The minimum atomic E-state index is -0.918. The molecule has 0 aromatic heterocycles. The van der Waals surface area contributed by atoms with Crippen LogP contribution in [0.25, 0.3) is 0 Å². The molecule has 0 spiro atoms. The first-order valence-electron chi connectivity index (χ1n) is 9.25. The van der Waals surface area contributed by atoms with E-state index in [2.05, 4.69) is 6.58 Å². The number of hydrogen-bond donors (Lipinski definition) is 1. The Morgan fingerprint density at radius 2 is 2.12 bits per heavy atom. The number of ether oxygens (including phenoxy) is 3. The molecule has 1 N–H and O–H groups in total. The first kappa shape index (κ1) is 19.1. The van der Waals surface area contributed by atoms with Crippen LogP contribution in [-0.4, -0.2) is 47.1 Å². The highest BCUT2D eigenvalue weighted by atomic mass is 16.6. The SMILES string of the molecule is C=C1C(=O)OC2C(OC(=O)C=C(C)C)C(C)CCCC3(C)OC3C(O)C12. The summed E-state index contributed by atoms with van der Waals surface area (Å²) >= 11 is 0. The predicted octanol–water partition coefficient (Wildman–Crippen LogP) is 2.30. The molecule has 7 atom stereocenters. The largest absolute Gasteiger partial charge is 0.455 e. The zero-order valence-corrected chi connectivity index (χ0v) is 15.9. The van der Waals surface area contributed by atoms with Gasteiger partial charge in [-0.2, -0.15) is 0 Å². The molecule has 3 fully saturated rings. The second kappa shape index (κ2) is 6.82. The van der Waals surface area contributed by atoms with Gasteiger partial charge in [-0.25, -0.2) is 9.59 Å². The van der Waals surface area contributed by atoms with Crippen LogP contribution in [0.1, 0.15) is 47.0 Å². The van der Waals surface area contributed by atoms with E-state index in [1.807, 2.05) is 27.7 Å². The minimum Gasteiger partial charge on any atom is -0.455 e. The van der Waals surface area contributed by atoms with Crippen LogP contribution in [-0.2, 0) is 23.8 Å². The van der Waals surface area contributed by atoms with Gasteiger partial charge in [0.15, 0.2) is 0 Å². The molecule has 2 heterocycles. The van der Waals surface area contributed by atoms with Gasteiger partial charge in [0.05, 0.1) is 17.6 Å². The monoisotopic (exact) mass is 364 g/mol. The smallest absolute Gasteiger partial charge is 0.334 e. The molecule has 144 valence electrons. The Morgan fingerprint density at radius 3 is 2.77 bits per heavy atom. The van der Waals surface area contributed by atoms with Gasteiger partial charge in [0.1, 0.15) is 18.3 Å². The molecule has 6 heteroatoms. The lowest BCUT2D eigenvalue weighted by Gasteiger charge is -2.33. The van der Waals surface area contributed by atoms with Crippen molar-refractivity contribution >= 4 is 11.9 Å². The lowest BCUT2D eigenvalue weighted by molar-refractivity contribution is -0.165. The van der Waals surface area contributed by atoms with Gasteiger partial charge in [0.2, 0.25) is 0 Å². The van der Waals surface area contributed by atoms with Crippen LogP contribution >= 0.6 is 0 Å². The molecule has 0 bridgehead atoms. The number of aliphatic hydroxyl groups excluding tert-OH is 1. The van der Waals surface area contributed by atoms with E-state index in [1.54, 1.807) is 0 Å². The number of esters is 2. The molecule has 0 radical (unpaired) electrons. The van der Waals surface area contributed by atoms with Gasteiger partial charge in [0, 0.05) is 11.6 Å². The Hall–Kier alpha value is -1.66. The van der Waals surface area contributed by atoms with Crippen molar-refractivity contribution < 1.29 is 28.9 Å². The number of carbonyl (C=O) groups is 2. The van der Waals surface area contributed by atoms with Crippen LogP contribution < -0.4 is 0 Å². The number of rotatable bonds is 2. The molecule has 1 saturated carbocycles. The molecule has 3 aliphatic rings. The molecule has 2 saturated heterocycles. The van der Waals surface area contributed by atoms with Crippen molar-refractivity contribution in [3.05, 3.63) is 23.8 Å². The Bertz CT molecular complexity index is 649. The molecule has 1 aliphatic carbocycles. The lowest BCUT2D eigenvalue weighted by atomic mass is 9.78. The van der Waals surface area contributed by atoms with E-state index in [1.165, 1.54) is 6.08 Å². The van der Waals surface area contributed by atoms with Crippen molar-refractivity contribution in [3.8, 4) is 0 Å². The van der Waals surface area contributed by atoms with Crippen molar-refractivity contribution in [1.29, 1.82) is 0 Å². The van der Waals surface area contributed by atoms with E-state index in [4.69, 9.17) is 14.2 Å². The summed E-state index contributed by atoms with van der Waals surface area (Å²) < 4.78 is 17.0. The molecule has 6 nitrogen and oxygen atoms in total. The normalized spacial score (nSPS) is 42.2. The van der Waals surface area contributed by atoms with Gasteiger partial charge in [0.25, 0.3) is 0 Å². The van der Waals surface area contributed by atoms with Crippen molar-refractivity contribution in [3.63, 3.8) is 0 Å². The zero-order chi connectivity index (χ0) is 19.2. The molecule has 0 amide bonds. The third-order valence-electron chi connectivity index (χ3n) is 5.76. The van der Waals surface area contributed by atoms with E-state index >= 15 is 0 Å². The predicted molar refractivity (Wildman–Crippen MR) is 94.1 cm³/mol. The summed E-state index contributed by atoms with van der Waals surface area (Å²) in [6.45, 7) is 11.4. The number of aliphatic hydroxyl groups is 1. The fourth-order valence-electron chi connectivity index (χ4n) is 4.21. The van der Waals surface area contributed by atoms with Crippen LogP contribution in [0.4, 0.5) is 0 Å². The molecule has 2 aliphatic heterocycles. The second-order valence-electron chi connectivity index (χ2n) is 8.26. The average molecular weight is 364 g/mol. The standard InChI is InChI=1S/C20H28O6/c1-10(2)9-13(21)24-16-11(3)7-6-8-20(5)18(26-20)15(22)14-12(4)19(23)25-17(14)16/h9,11,14-18,22H,4,6-8H2,1-3,5H3. The van der Waals surface area contributed by atoms with E-state index in [0.29, 0.717) is 0 Å². The summed E-state index contributed by atoms with van der Waals surface area (Å²) in [7, 11) is 0. The third-order valence-corrected chi connectivity index (χ3v) is 5.76. The first-order valence-corrected chi connectivity index (χ1v) is 9.25.